The largest absolute Gasteiger partial charge is 0.481 e. The molecule has 0 saturated carbocycles. The highest BCUT2D eigenvalue weighted by atomic mass is 16.4. The minimum absolute atomic E-state index is 0.423. The molecular weight excluding hydrogens is 276 g/mol. The Morgan fingerprint density at radius 3 is 2.62 bits per heavy atom. The molecule has 0 aliphatic rings. The van der Waals surface area contributed by atoms with E-state index in [1.165, 1.54) is 6.08 Å². The number of aliphatic carboxylic acids is 2. The quantitative estimate of drug-likeness (QED) is 0.658. The van der Waals surface area contributed by atoms with Crippen LogP contribution in [0.25, 0.3) is 6.08 Å². The molecule has 1 rings (SSSR count). The number of rotatable bonds is 6. The first-order chi connectivity index (χ1) is 9.92. The van der Waals surface area contributed by atoms with E-state index in [0.29, 0.717) is 11.1 Å². The Hall–Kier alpha value is -3.14. The number of carboxylic acid groups (broad SMARTS) is 2. The van der Waals surface area contributed by atoms with Crippen molar-refractivity contribution >= 4 is 23.9 Å². The van der Waals surface area contributed by atoms with Gasteiger partial charge in [-0.25, -0.2) is 4.79 Å². The Labute approximate surface area is 120 Å². The molecule has 1 atom stereocenters. The van der Waals surface area contributed by atoms with Gasteiger partial charge in [0.15, 0.2) is 0 Å². The van der Waals surface area contributed by atoms with Crippen molar-refractivity contribution in [1.82, 2.24) is 5.32 Å². The van der Waals surface area contributed by atoms with E-state index in [0.717, 1.165) is 6.08 Å². The monoisotopic (exact) mass is 288 g/mol. The molecule has 0 saturated heterocycles. The van der Waals surface area contributed by atoms with E-state index in [2.05, 4.69) is 5.32 Å². The lowest BCUT2D eigenvalue weighted by atomic mass is 10.1. The fraction of sp³-hybridized carbons (Fsp3) is 0.143. The Bertz CT molecular complexity index is 630. The van der Waals surface area contributed by atoms with Crippen LogP contribution in [0.2, 0.25) is 0 Å². The van der Waals surface area contributed by atoms with E-state index >= 15 is 0 Å². The molecule has 7 heteroatoms. The second kappa shape index (κ2) is 7.45. The lowest BCUT2D eigenvalue weighted by Gasteiger charge is -2.10. The Morgan fingerprint density at radius 2 is 2.05 bits per heavy atom. The summed E-state index contributed by atoms with van der Waals surface area (Å²) in [6, 6.07) is 6.91. The van der Waals surface area contributed by atoms with Gasteiger partial charge in [0.05, 0.1) is 18.1 Å². The van der Waals surface area contributed by atoms with Gasteiger partial charge in [0, 0.05) is 6.08 Å². The number of amides is 1. The van der Waals surface area contributed by atoms with Gasteiger partial charge < -0.3 is 15.5 Å². The van der Waals surface area contributed by atoms with Gasteiger partial charge in [0.2, 0.25) is 5.91 Å². The van der Waals surface area contributed by atoms with Crippen LogP contribution in [0.15, 0.2) is 30.3 Å². The molecule has 0 unspecified atom stereocenters. The highest BCUT2D eigenvalue weighted by molar-refractivity contribution is 5.95. The van der Waals surface area contributed by atoms with E-state index in [1.54, 1.807) is 24.3 Å². The van der Waals surface area contributed by atoms with Crippen molar-refractivity contribution < 1.29 is 24.6 Å². The summed E-state index contributed by atoms with van der Waals surface area (Å²) in [4.78, 5) is 32.8. The standard InChI is InChI=1S/C14H12N2O5/c15-8-10-3-1-2-9(6-10)4-5-12(17)16-11(14(20)21)7-13(18)19/h1-6,11H,7H2,(H,16,17)(H,18,19)(H,20,21)/b5-4+/t11-/m1/s1. The van der Waals surface area contributed by atoms with Crippen LogP contribution in [0.1, 0.15) is 17.5 Å². The predicted molar refractivity (Wildman–Crippen MR) is 72.0 cm³/mol. The van der Waals surface area contributed by atoms with E-state index in [9.17, 15) is 14.4 Å². The Morgan fingerprint density at radius 1 is 1.33 bits per heavy atom. The fourth-order valence-corrected chi connectivity index (χ4v) is 1.48. The van der Waals surface area contributed by atoms with Crippen molar-refractivity contribution in [3.8, 4) is 6.07 Å². The first-order valence-electron chi connectivity index (χ1n) is 5.85. The van der Waals surface area contributed by atoms with Crippen LogP contribution in [-0.4, -0.2) is 34.1 Å². The number of nitrogens with one attached hydrogen (secondary N) is 1. The van der Waals surface area contributed by atoms with Crippen molar-refractivity contribution in [3.63, 3.8) is 0 Å². The molecule has 0 spiro atoms. The number of benzene rings is 1. The molecule has 3 N–H and O–H groups in total. The first-order valence-corrected chi connectivity index (χ1v) is 5.85. The Kier molecular flexibility index (Phi) is 5.65. The van der Waals surface area contributed by atoms with E-state index in [1.807, 2.05) is 6.07 Å². The molecule has 1 aromatic carbocycles. The van der Waals surface area contributed by atoms with Gasteiger partial charge in [-0.3, -0.25) is 9.59 Å². The molecule has 0 aliphatic heterocycles. The zero-order chi connectivity index (χ0) is 15.8. The van der Waals surface area contributed by atoms with Crippen LogP contribution < -0.4 is 5.32 Å². The third kappa shape index (κ3) is 5.57. The van der Waals surface area contributed by atoms with Crippen LogP contribution in [0.5, 0.6) is 0 Å². The summed E-state index contributed by atoms with van der Waals surface area (Å²) >= 11 is 0. The van der Waals surface area contributed by atoms with E-state index in [4.69, 9.17) is 15.5 Å². The molecule has 7 nitrogen and oxygen atoms in total. The summed E-state index contributed by atoms with van der Waals surface area (Å²) in [5.41, 5.74) is 1.01. The predicted octanol–water partition coefficient (Wildman–Crippen LogP) is 0.616. The lowest BCUT2D eigenvalue weighted by Crippen LogP contribution is -2.41. The summed E-state index contributed by atoms with van der Waals surface area (Å²) in [7, 11) is 0. The maximum atomic E-state index is 11.5. The van der Waals surface area contributed by atoms with Gasteiger partial charge in [-0.05, 0) is 23.8 Å². The second-order valence-corrected chi connectivity index (χ2v) is 4.07. The molecule has 21 heavy (non-hydrogen) atoms. The molecule has 108 valence electrons. The minimum Gasteiger partial charge on any atom is -0.481 e. The van der Waals surface area contributed by atoms with Gasteiger partial charge in [0.25, 0.3) is 0 Å². The molecular formula is C14H12N2O5. The summed E-state index contributed by atoms with van der Waals surface area (Å²) < 4.78 is 0. The maximum absolute atomic E-state index is 11.5. The van der Waals surface area contributed by atoms with Crippen LogP contribution in [0.4, 0.5) is 0 Å². The average molecular weight is 288 g/mol. The van der Waals surface area contributed by atoms with Gasteiger partial charge >= 0.3 is 11.9 Å². The van der Waals surface area contributed by atoms with Gasteiger partial charge in [-0.2, -0.15) is 5.26 Å². The number of carboxylic acids is 2. The molecule has 1 aromatic rings. The summed E-state index contributed by atoms with van der Waals surface area (Å²) in [6.07, 6.45) is 1.77. The summed E-state index contributed by atoms with van der Waals surface area (Å²) in [5, 5.41) is 28.1. The zero-order valence-electron chi connectivity index (χ0n) is 10.8. The zero-order valence-corrected chi connectivity index (χ0v) is 10.8. The molecule has 0 heterocycles. The van der Waals surface area contributed by atoms with E-state index in [-0.39, 0.29) is 0 Å². The number of carbonyl (C=O) groups excluding carboxylic acids is 1. The molecule has 0 aromatic heterocycles. The van der Waals surface area contributed by atoms with Crippen molar-refractivity contribution in [2.45, 2.75) is 12.5 Å². The van der Waals surface area contributed by atoms with Crippen molar-refractivity contribution in [2.75, 3.05) is 0 Å². The lowest BCUT2D eigenvalue weighted by molar-refractivity contribution is -0.146. The second-order valence-electron chi connectivity index (χ2n) is 4.07. The number of hydrogen-bond donors (Lipinski definition) is 3. The van der Waals surface area contributed by atoms with Gasteiger partial charge in [0.1, 0.15) is 6.04 Å². The summed E-state index contributed by atoms with van der Waals surface area (Å²) in [6.45, 7) is 0. The van der Waals surface area contributed by atoms with Gasteiger partial charge in [-0.1, -0.05) is 12.1 Å². The third-order valence-corrected chi connectivity index (χ3v) is 2.44. The Balaban J connectivity index is 2.71. The topological polar surface area (TPSA) is 127 Å². The smallest absolute Gasteiger partial charge is 0.326 e. The summed E-state index contributed by atoms with van der Waals surface area (Å²) in [5.74, 6) is -3.48. The fourth-order valence-electron chi connectivity index (χ4n) is 1.48. The maximum Gasteiger partial charge on any atom is 0.326 e. The van der Waals surface area contributed by atoms with Gasteiger partial charge in [-0.15, -0.1) is 0 Å². The van der Waals surface area contributed by atoms with Crippen molar-refractivity contribution in [1.29, 1.82) is 5.26 Å². The SMILES string of the molecule is N#Cc1cccc(/C=C/C(=O)N[C@H](CC(=O)O)C(=O)O)c1. The van der Waals surface area contributed by atoms with Crippen LogP contribution in [0, 0.1) is 11.3 Å². The average Bonchev–Trinajstić information content (AvgIpc) is 2.44. The minimum atomic E-state index is -1.50. The van der Waals surface area contributed by atoms with Crippen molar-refractivity contribution in [2.24, 2.45) is 0 Å². The van der Waals surface area contributed by atoms with Crippen LogP contribution in [0.3, 0.4) is 0 Å². The van der Waals surface area contributed by atoms with E-state index < -0.39 is 30.3 Å². The van der Waals surface area contributed by atoms with Crippen LogP contribution >= 0.6 is 0 Å². The third-order valence-electron chi connectivity index (χ3n) is 2.44. The molecule has 0 fully saturated rings. The number of hydrogen-bond acceptors (Lipinski definition) is 4. The molecule has 0 bridgehead atoms. The molecule has 0 radical (unpaired) electrons. The highest BCUT2D eigenvalue weighted by Crippen LogP contribution is 2.06. The molecule has 1 amide bonds. The normalized spacial score (nSPS) is 11.6. The van der Waals surface area contributed by atoms with Crippen LogP contribution in [-0.2, 0) is 14.4 Å². The number of carbonyl (C=O) groups is 3. The molecule has 0 aliphatic carbocycles. The highest BCUT2D eigenvalue weighted by Gasteiger charge is 2.21. The van der Waals surface area contributed by atoms with Crippen molar-refractivity contribution in [3.05, 3.63) is 41.5 Å². The first kappa shape index (κ1) is 15.9. The number of nitrogens with zero attached hydrogens (tertiary/aromatic N) is 1. The number of nitriles is 1.